The molecule has 2 aliphatic heterocycles. The highest BCUT2D eigenvalue weighted by atomic mass is 32.2. The van der Waals surface area contributed by atoms with E-state index in [2.05, 4.69) is 63.1 Å². The van der Waals surface area contributed by atoms with E-state index in [0.29, 0.717) is 5.75 Å². The second kappa shape index (κ2) is 11.4. The average molecular weight is 472 g/mol. The van der Waals surface area contributed by atoms with Gasteiger partial charge in [-0.1, -0.05) is 49.9 Å². The fourth-order valence-corrected chi connectivity index (χ4v) is 5.27. The molecule has 33 heavy (non-hydrogen) atoms. The number of amides is 1. The van der Waals surface area contributed by atoms with E-state index in [1.165, 1.54) is 30.2 Å². The van der Waals surface area contributed by atoms with Gasteiger partial charge >= 0.3 is 0 Å². The summed E-state index contributed by atoms with van der Waals surface area (Å²) in [6.45, 7) is 10.1. The molecule has 3 heterocycles. The molecular formula is C25H37N5O2S. The third-order valence-corrected chi connectivity index (χ3v) is 7.74. The third kappa shape index (κ3) is 6.29. The molecule has 4 rings (SSSR count). The van der Waals surface area contributed by atoms with Gasteiger partial charge in [0.1, 0.15) is 0 Å². The number of piperidine rings is 1. The van der Waals surface area contributed by atoms with Crippen LogP contribution in [-0.4, -0.2) is 52.2 Å². The molecule has 2 fully saturated rings. The van der Waals surface area contributed by atoms with Crippen molar-refractivity contribution in [2.24, 2.45) is 5.92 Å². The first-order valence-corrected chi connectivity index (χ1v) is 13.3. The highest BCUT2D eigenvalue weighted by molar-refractivity contribution is 7.99. The first-order chi connectivity index (χ1) is 16.0. The highest BCUT2D eigenvalue weighted by Gasteiger charge is 2.26. The minimum Gasteiger partial charge on any atom is -0.376 e. The monoisotopic (exact) mass is 471 g/mol. The van der Waals surface area contributed by atoms with Gasteiger partial charge in [0.2, 0.25) is 11.9 Å². The Morgan fingerprint density at radius 1 is 1.21 bits per heavy atom. The molecule has 1 N–H and O–H groups in total. The van der Waals surface area contributed by atoms with Crippen LogP contribution in [0.2, 0.25) is 0 Å². The van der Waals surface area contributed by atoms with Crippen LogP contribution in [0, 0.1) is 5.92 Å². The van der Waals surface area contributed by atoms with E-state index in [-0.39, 0.29) is 18.1 Å². The van der Waals surface area contributed by atoms with Crippen molar-refractivity contribution in [2.75, 3.05) is 30.3 Å². The topological polar surface area (TPSA) is 72.3 Å². The molecular weight excluding hydrogens is 434 g/mol. The van der Waals surface area contributed by atoms with Gasteiger partial charge < -0.3 is 15.0 Å². The van der Waals surface area contributed by atoms with Gasteiger partial charge in [0.05, 0.1) is 24.4 Å². The summed E-state index contributed by atoms with van der Waals surface area (Å²) in [5, 5.41) is 12.9. The number of carbonyl (C=O) groups is 1. The molecule has 2 unspecified atom stereocenters. The van der Waals surface area contributed by atoms with E-state index in [1.54, 1.807) is 0 Å². The Kier molecular flexibility index (Phi) is 8.30. The van der Waals surface area contributed by atoms with E-state index >= 15 is 0 Å². The van der Waals surface area contributed by atoms with Crippen molar-refractivity contribution >= 4 is 23.6 Å². The predicted octanol–water partition coefficient (Wildman–Crippen LogP) is 4.23. The number of ether oxygens (including phenoxy) is 1. The van der Waals surface area contributed by atoms with Gasteiger partial charge in [0.25, 0.3) is 0 Å². The Labute approximate surface area is 201 Å². The van der Waals surface area contributed by atoms with Crippen molar-refractivity contribution in [3.8, 4) is 0 Å². The SMILES string of the molecule is CCc1ccc(C(C)NC(=O)CSc2nnc(N3CCC(C)CC3)n2CC2CCCO2)cc1. The number of aromatic nitrogens is 3. The molecule has 8 heteroatoms. The summed E-state index contributed by atoms with van der Waals surface area (Å²) in [6.07, 6.45) is 5.73. The number of rotatable bonds is 9. The molecule has 0 saturated carbocycles. The van der Waals surface area contributed by atoms with Gasteiger partial charge in [0, 0.05) is 19.7 Å². The summed E-state index contributed by atoms with van der Waals surface area (Å²) >= 11 is 1.46. The number of thioether (sulfide) groups is 1. The number of benzene rings is 1. The van der Waals surface area contributed by atoms with Crippen molar-refractivity contribution < 1.29 is 9.53 Å². The Morgan fingerprint density at radius 2 is 1.97 bits per heavy atom. The minimum atomic E-state index is -0.0281. The van der Waals surface area contributed by atoms with E-state index in [1.807, 2.05) is 6.92 Å². The van der Waals surface area contributed by atoms with Gasteiger partial charge in [-0.15, -0.1) is 10.2 Å². The van der Waals surface area contributed by atoms with Gasteiger partial charge in [-0.2, -0.15) is 0 Å². The van der Waals surface area contributed by atoms with Gasteiger partial charge in [-0.05, 0) is 56.1 Å². The van der Waals surface area contributed by atoms with Crippen LogP contribution in [0.15, 0.2) is 29.4 Å². The second-order valence-corrected chi connectivity index (χ2v) is 10.3. The van der Waals surface area contributed by atoms with Gasteiger partial charge in [-0.25, -0.2) is 0 Å². The number of carbonyl (C=O) groups excluding carboxylic acids is 1. The van der Waals surface area contributed by atoms with Crippen LogP contribution in [0.4, 0.5) is 5.95 Å². The normalized spacial score (nSPS) is 20.2. The number of hydrogen-bond acceptors (Lipinski definition) is 6. The number of hydrogen-bond donors (Lipinski definition) is 1. The Balaban J connectivity index is 1.39. The quantitative estimate of drug-likeness (QED) is 0.552. The molecule has 2 aliphatic rings. The standard InChI is InChI=1S/C25H37N5O2S/c1-4-20-7-9-21(10-8-20)19(3)26-23(31)17-33-25-28-27-24(29-13-11-18(2)12-14-29)30(25)16-22-6-5-15-32-22/h7-10,18-19,22H,4-6,11-17H2,1-3H3,(H,26,31). The number of nitrogens with zero attached hydrogens (tertiary/aromatic N) is 4. The van der Waals surface area contributed by atoms with E-state index in [0.717, 1.165) is 68.1 Å². The number of nitrogens with one attached hydrogen (secondary N) is 1. The van der Waals surface area contributed by atoms with Crippen molar-refractivity contribution in [3.63, 3.8) is 0 Å². The van der Waals surface area contributed by atoms with Gasteiger partial charge in [-0.3, -0.25) is 9.36 Å². The number of anilines is 1. The smallest absolute Gasteiger partial charge is 0.230 e. The van der Waals surface area contributed by atoms with E-state index < -0.39 is 0 Å². The minimum absolute atomic E-state index is 0.00656. The van der Waals surface area contributed by atoms with Crippen LogP contribution >= 0.6 is 11.8 Å². The third-order valence-electron chi connectivity index (χ3n) is 6.77. The molecule has 0 radical (unpaired) electrons. The molecule has 0 bridgehead atoms. The maximum atomic E-state index is 12.7. The summed E-state index contributed by atoms with van der Waals surface area (Å²) in [5.41, 5.74) is 2.42. The van der Waals surface area contributed by atoms with Crippen LogP contribution in [0.1, 0.15) is 63.6 Å². The van der Waals surface area contributed by atoms with Crippen molar-refractivity contribution in [1.82, 2.24) is 20.1 Å². The molecule has 2 saturated heterocycles. The van der Waals surface area contributed by atoms with Crippen LogP contribution in [0.3, 0.4) is 0 Å². The van der Waals surface area contributed by atoms with Gasteiger partial charge in [0.15, 0.2) is 5.16 Å². The molecule has 1 amide bonds. The summed E-state index contributed by atoms with van der Waals surface area (Å²) in [4.78, 5) is 15.0. The van der Waals surface area contributed by atoms with Crippen molar-refractivity contribution in [1.29, 1.82) is 0 Å². The fraction of sp³-hybridized carbons (Fsp3) is 0.640. The van der Waals surface area contributed by atoms with Crippen LogP contribution in [0.5, 0.6) is 0 Å². The lowest BCUT2D eigenvalue weighted by Gasteiger charge is -2.31. The lowest BCUT2D eigenvalue weighted by Crippen LogP contribution is -2.35. The predicted molar refractivity (Wildman–Crippen MR) is 133 cm³/mol. The summed E-state index contributed by atoms with van der Waals surface area (Å²) in [7, 11) is 0. The average Bonchev–Trinajstić information content (AvgIpc) is 3.49. The van der Waals surface area contributed by atoms with Crippen molar-refractivity contribution in [3.05, 3.63) is 35.4 Å². The van der Waals surface area contributed by atoms with Crippen LogP contribution in [0.25, 0.3) is 0 Å². The first-order valence-electron chi connectivity index (χ1n) is 12.3. The molecule has 0 spiro atoms. The molecule has 1 aromatic carbocycles. The Hall–Kier alpha value is -2.06. The summed E-state index contributed by atoms with van der Waals surface area (Å²) < 4.78 is 8.08. The summed E-state index contributed by atoms with van der Waals surface area (Å²) in [5.74, 6) is 2.00. The molecule has 0 aliphatic carbocycles. The van der Waals surface area contributed by atoms with Crippen molar-refractivity contribution in [2.45, 2.75) is 76.7 Å². The largest absolute Gasteiger partial charge is 0.376 e. The maximum Gasteiger partial charge on any atom is 0.230 e. The highest BCUT2D eigenvalue weighted by Crippen LogP contribution is 2.28. The lowest BCUT2D eigenvalue weighted by molar-refractivity contribution is -0.119. The fourth-order valence-electron chi connectivity index (χ4n) is 4.52. The zero-order chi connectivity index (χ0) is 23.2. The first kappa shape index (κ1) is 24.1. The zero-order valence-electron chi connectivity index (χ0n) is 20.1. The maximum absolute atomic E-state index is 12.7. The van der Waals surface area contributed by atoms with Crippen LogP contribution < -0.4 is 10.2 Å². The van der Waals surface area contributed by atoms with E-state index in [4.69, 9.17) is 4.74 Å². The molecule has 180 valence electrons. The second-order valence-electron chi connectivity index (χ2n) is 9.37. The van der Waals surface area contributed by atoms with Crippen LogP contribution in [-0.2, 0) is 22.5 Å². The Morgan fingerprint density at radius 3 is 2.64 bits per heavy atom. The Bertz CT molecular complexity index is 902. The summed E-state index contributed by atoms with van der Waals surface area (Å²) in [6, 6.07) is 8.42. The zero-order valence-corrected chi connectivity index (χ0v) is 20.9. The molecule has 2 aromatic rings. The van der Waals surface area contributed by atoms with E-state index in [9.17, 15) is 4.79 Å². The molecule has 2 atom stereocenters. The lowest BCUT2D eigenvalue weighted by atomic mass is 10.00. The molecule has 1 aromatic heterocycles. The molecule has 7 nitrogen and oxygen atoms in total. The number of aryl methyl sites for hydroxylation is 1.